The van der Waals surface area contributed by atoms with Gasteiger partial charge in [-0.05, 0) is 36.8 Å². The Labute approximate surface area is 169 Å². The van der Waals surface area contributed by atoms with E-state index in [4.69, 9.17) is 21.1 Å². The fourth-order valence-corrected chi connectivity index (χ4v) is 2.99. The Kier molecular flexibility index (Phi) is 6.31. The van der Waals surface area contributed by atoms with Crippen LogP contribution in [0, 0.1) is 6.92 Å². The second-order valence-electron chi connectivity index (χ2n) is 6.49. The van der Waals surface area contributed by atoms with Gasteiger partial charge in [-0.1, -0.05) is 48.5 Å². The maximum Gasteiger partial charge on any atom is 0.415 e. The molecule has 1 aliphatic carbocycles. The number of anilines is 1. The number of nitrogens with zero attached hydrogens (tertiary/aromatic N) is 3. The van der Waals surface area contributed by atoms with E-state index < -0.39 is 6.09 Å². The molecular weight excluding hydrogens is 378 g/mol. The summed E-state index contributed by atoms with van der Waals surface area (Å²) in [4.78, 5) is 13.9. The third-order valence-electron chi connectivity index (χ3n) is 4.32. The first-order valence-electron chi connectivity index (χ1n) is 9.01. The maximum absolute atomic E-state index is 12.5. The van der Waals surface area contributed by atoms with Crippen molar-refractivity contribution in [2.45, 2.75) is 25.7 Å². The first kappa shape index (κ1) is 19.9. The fraction of sp³-hybridized carbons (Fsp3) is 0.286. The molecule has 2 aromatic rings. The van der Waals surface area contributed by atoms with Gasteiger partial charge in [-0.3, -0.25) is 4.90 Å². The number of para-hydroxylation sites is 1. The third kappa shape index (κ3) is 4.51. The van der Waals surface area contributed by atoms with Crippen molar-refractivity contribution in [1.82, 2.24) is 10.2 Å². The van der Waals surface area contributed by atoms with Crippen LogP contribution in [0.2, 0.25) is 5.15 Å². The van der Waals surface area contributed by atoms with Crippen LogP contribution in [0.4, 0.5) is 10.5 Å². The Bertz CT molecular complexity index is 896. The molecule has 3 rings (SSSR count). The Morgan fingerprint density at radius 3 is 2.79 bits per heavy atom. The van der Waals surface area contributed by atoms with E-state index in [9.17, 15) is 4.79 Å². The standard InChI is InChI=1S/C21H22ClN3O3/c1-4-11-25(21(26)27-12-5-2)17-13-18(22)23-24-20(17)28-19-14(3)7-6-8-16(19)15-9-10-15/h4-8,13,15H,1-2,9-12H2,3H3. The van der Waals surface area contributed by atoms with E-state index in [1.54, 1.807) is 6.08 Å². The van der Waals surface area contributed by atoms with E-state index in [2.05, 4.69) is 29.4 Å². The highest BCUT2D eigenvalue weighted by atomic mass is 35.5. The maximum atomic E-state index is 12.5. The van der Waals surface area contributed by atoms with Crippen LogP contribution in [0.15, 0.2) is 49.6 Å². The minimum atomic E-state index is -0.582. The summed E-state index contributed by atoms with van der Waals surface area (Å²) in [6.45, 7) is 9.51. The minimum Gasteiger partial charge on any atom is -0.445 e. The average Bonchev–Trinajstić information content (AvgIpc) is 3.52. The van der Waals surface area contributed by atoms with Gasteiger partial charge in [-0.25, -0.2) is 4.79 Å². The fourth-order valence-electron chi connectivity index (χ4n) is 2.85. The lowest BCUT2D eigenvalue weighted by atomic mass is 10.1. The number of hydrogen-bond donors (Lipinski definition) is 0. The number of carbonyl (C=O) groups is 1. The molecule has 0 bridgehead atoms. The number of carbonyl (C=O) groups excluding carboxylic acids is 1. The van der Waals surface area contributed by atoms with Crippen LogP contribution in [-0.2, 0) is 4.74 Å². The predicted octanol–water partition coefficient (Wildman–Crippen LogP) is 5.42. The summed E-state index contributed by atoms with van der Waals surface area (Å²) in [6.07, 6.45) is 4.76. The van der Waals surface area contributed by atoms with E-state index >= 15 is 0 Å². The molecule has 28 heavy (non-hydrogen) atoms. The van der Waals surface area contributed by atoms with Crippen molar-refractivity contribution in [2.75, 3.05) is 18.1 Å². The molecule has 0 spiro atoms. The van der Waals surface area contributed by atoms with Crippen LogP contribution in [0.1, 0.15) is 29.9 Å². The number of halogens is 1. The molecular formula is C21H22ClN3O3. The first-order chi connectivity index (χ1) is 13.5. The van der Waals surface area contributed by atoms with Crippen molar-refractivity contribution in [2.24, 2.45) is 0 Å². The number of hydrogen-bond acceptors (Lipinski definition) is 5. The molecule has 1 fully saturated rings. The van der Waals surface area contributed by atoms with Crippen LogP contribution in [0.25, 0.3) is 0 Å². The van der Waals surface area contributed by atoms with E-state index in [1.165, 1.54) is 17.0 Å². The lowest BCUT2D eigenvalue weighted by Crippen LogP contribution is -2.32. The molecule has 7 heteroatoms. The predicted molar refractivity (Wildman–Crippen MR) is 109 cm³/mol. The molecule has 0 unspecified atom stereocenters. The Hall–Kier alpha value is -2.86. The monoisotopic (exact) mass is 399 g/mol. The molecule has 6 nitrogen and oxygen atoms in total. The number of aromatic nitrogens is 2. The second-order valence-corrected chi connectivity index (χ2v) is 6.88. The topological polar surface area (TPSA) is 64.5 Å². The Balaban J connectivity index is 2.00. The van der Waals surface area contributed by atoms with Gasteiger partial charge in [0.1, 0.15) is 18.0 Å². The molecule has 1 aliphatic rings. The molecule has 1 aromatic carbocycles. The lowest BCUT2D eigenvalue weighted by molar-refractivity contribution is 0.166. The Morgan fingerprint density at radius 1 is 1.32 bits per heavy atom. The normalized spacial score (nSPS) is 12.9. The van der Waals surface area contributed by atoms with Gasteiger partial charge in [-0.2, -0.15) is 0 Å². The summed E-state index contributed by atoms with van der Waals surface area (Å²) >= 11 is 6.05. The van der Waals surface area contributed by atoms with Crippen molar-refractivity contribution in [1.29, 1.82) is 0 Å². The van der Waals surface area contributed by atoms with Gasteiger partial charge in [-0.15, -0.1) is 16.8 Å². The third-order valence-corrected chi connectivity index (χ3v) is 4.50. The van der Waals surface area contributed by atoms with Crippen molar-refractivity contribution >= 4 is 23.4 Å². The number of amides is 1. The molecule has 146 valence electrons. The highest BCUT2D eigenvalue weighted by Gasteiger charge is 2.29. The summed E-state index contributed by atoms with van der Waals surface area (Å²) in [5.41, 5.74) is 2.47. The van der Waals surface area contributed by atoms with E-state index in [-0.39, 0.29) is 24.2 Å². The molecule has 0 atom stereocenters. The average molecular weight is 400 g/mol. The van der Waals surface area contributed by atoms with Crippen molar-refractivity contribution < 1.29 is 14.3 Å². The van der Waals surface area contributed by atoms with Gasteiger partial charge in [0.2, 0.25) is 0 Å². The molecule has 1 aromatic heterocycles. The highest BCUT2D eigenvalue weighted by molar-refractivity contribution is 6.29. The van der Waals surface area contributed by atoms with Gasteiger partial charge < -0.3 is 9.47 Å². The zero-order valence-corrected chi connectivity index (χ0v) is 16.5. The van der Waals surface area contributed by atoms with Crippen LogP contribution < -0.4 is 9.64 Å². The largest absolute Gasteiger partial charge is 0.445 e. The van der Waals surface area contributed by atoms with Gasteiger partial charge >= 0.3 is 6.09 Å². The van der Waals surface area contributed by atoms with Gasteiger partial charge in [0.25, 0.3) is 5.88 Å². The summed E-state index contributed by atoms with van der Waals surface area (Å²) in [5, 5.41) is 8.12. The van der Waals surface area contributed by atoms with E-state index in [0.717, 1.165) is 29.7 Å². The summed E-state index contributed by atoms with van der Waals surface area (Å²) in [6, 6.07) is 7.57. The Morgan fingerprint density at radius 2 is 2.11 bits per heavy atom. The zero-order valence-electron chi connectivity index (χ0n) is 15.7. The summed E-state index contributed by atoms with van der Waals surface area (Å²) < 4.78 is 11.3. The van der Waals surface area contributed by atoms with E-state index in [0.29, 0.717) is 11.6 Å². The van der Waals surface area contributed by atoms with Crippen molar-refractivity contribution in [3.05, 3.63) is 65.9 Å². The summed E-state index contributed by atoms with van der Waals surface area (Å²) in [5.74, 6) is 1.40. The number of benzene rings is 1. The highest BCUT2D eigenvalue weighted by Crippen LogP contribution is 2.47. The van der Waals surface area contributed by atoms with Crippen LogP contribution in [0.5, 0.6) is 11.6 Å². The molecule has 0 radical (unpaired) electrons. The van der Waals surface area contributed by atoms with Gasteiger partial charge in [0, 0.05) is 12.6 Å². The lowest BCUT2D eigenvalue weighted by Gasteiger charge is -2.23. The molecule has 0 N–H and O–H groups in total. The number of ether oxygens (including phenoxy) is 2. The molecule has 0 saturated heterocycles. The second kappa shape index (κ2) is 8.89. The van der Waals surface area contributed by atoms with Crippen LogP contribution in [-0.4, -0.2) is 29.4 Å². The minimum absolute atomic E-state index is 0.0819. The number of aryl methyl sites for hydroxylation is 1. The van der Waals surface area contributed by atoms with Crippen molar-refractivity contribution in [3.8, 4) is 11.6 Å². The molecule has 1 amide bonds. The quantitative estimate of drug-likeness (QED) is 0.554. The van der Waals surface area contributed by atoms with Gasteiger partial charge in [0.15, 0.2) is 5.15 Å². The van der Waals surface area contributed by atoms with Crippen LogP contribution in [0.3, 0.4) is 0 Å². The van der Waals surface area contributed by atoms with Crippen LogP contribution >= 0.6 is 11.6 Å². The first-order valence-corrected chi connectivity index (χ1v) is 9.39. The van der Waals surface area contributed by atoms with E-state index in [1.807, 2.05) is 19.1 Å². The SMILES string of the molecule is C=CCOC(=O)N(CC=C)c1cc(Cl)nnc1Oc1c(C)cccc1C1CC1. The zero-order chi connectivity index (χ0) is 20.1. The number of rotatable bonds is 8. The van der Waals surface area contributed by atoms with Crippen molar-refractivity contribution in [3.63, 3.8) is 0 Å². The smallest absolute Gasteiger partial charge is 0.415 e. The van der Waals surface area contributed by atoms with Gasteiger partial charge in [0.05, 0.1) is 0 Å². The molecule has 1 saturated carbocycles. The molecule has 1 heterocycles. The summed E-state index contributed by atoms with van der Waals surface area (Å²) in [7, 11) is 0. The molecule has 0 aliphatic heterocycles.